The summed E-state index contributed by atoms with van der Waals surface area (Å²) in [5.74, 6) is -0.901. The molecule has 1 aromatic rings. The molecule has 0 saturated carbocycles. The van der Waals surface area contributed by atoms with Gasteiger partial charge in [-0.25, -0.2) is 0 Å². The molecule has 1 unspecified atom stereocenters. The van der Waals surface area contributed by atoms with Crippen LogP contribution < -0.4 is 4.90 Å². The molecule has 0 bridgehead atoms. The van der Waals surface area contributed by atoms with Crippen LogP contribution in [-0.2, 0) is 11.0 Å². The summed E-state index contributed by atoms with van der Waals surface area (Å²) in [4.78, 5) is 13.0. The van der Waals surface area contributed by atoms with Crippen LogP contribution >= 0.6 is 11.3 Å². The van der Waals surface area contributed by atoms with Crippen molar-refractivity contribution in [3.63, 3.8) is 0 Å². The largest absolute Gasteiger partial charge is 0.481 e. The summed E-state index contributed by atoms with van der Waals surface area (Å²) in [7, 11) is 0. The Balaban J connectivity index is 2.16. The number of nitrogens with zero attached hydrogens (tertiary/aromatic N) is 3. The van der Waals surface area contributed by atoms with E-state index < -0.39 is 22.6 Å². The second-order valence-electron chi connectivity index (χ2n) is 4.89. The zero-order valence-electron chi connectivity index (χ0n) is 10.8. The van der Waals surface area contributed by atoms with Gasteiger partial charge in [-0.2, -0.15) is 13.2 Å². The first-order chi connectivity index (χ1) is 9.28. The average molecular weight is 309 g/mol. The van der Waals surface area contributed by atoms with Crippen LogP contribution in [0.5, 0.6) is 0 Å². The third kappa shape index (κ3) is 2.72. The molecule has 1 aliphatic heterocycles. The van der Waals surface area contributed by atoms with Gasteiger partial charge in [-0.1, -0.05) is 24.7 Å². The molecule has 1 aromatic heterocycles. The summed E-state index contributed by atoms with van der Waals surface area (Å²) in [5.41, 5.74) is -0.890. The fraction of sp³-hybridized carbons (Fsp3) is 0.727. The predicted molar refractivity (Wildman–Crippen MR) is 66.7 cm³/mol. The number of rotatable bonds is 4. The Morgan fingerprint density at radius 3 is 2.70 bits per heavy atom. The van der Waals surface area contributed by atoms with Crippen molar-refractivity contribution in [3.05, 3.63) is 5.01 Å². The lowest BCUT2D eigenvalue weighted by Gasteiger charge is -2.23. The van der Waals surface area contributed by atoms with Crippen molar-refractivity contribution in [2.24, 2.45) is 5.41 Å². The number of carboxylic acids is 1. The molecule has 0 aliphatic carbocycles. The molecule has 2 heterocycles. The van der Waals surface area contributed by atoms with E-state index in [1.807, 2.05) is 6.92 Å². The second kappa shape index (κ2) is 5.19. The quantitative estimate of drug-likeness (QED) is 0.926. The molecule has 1 saturated heterocycles. The molecule has 0 aromatic carbocycles. The maximum Gasteiger partial charge on any atom is 0.445 e. The molecule has 0 amide bonds. The number of carboxylic acid groups (broad SMARTS) is 1. The van der Waals surface area contributed by atoms with Crippen molar-refractivity contribution < 1.29 is 23.1 Å². The molecule has 1 fully saturated rings. The fourth-order valence-electron chi connectivity index (χ4n) is 2.46. The van der Waals surface area contributed by atoms with Crippen molar-refractivity contribution >= 4 is 22.4 Å². The number of aliphatic carboxylic acids is 1. The Labute approximate surface area is 117 Å². The summed E-state index contributed by atoms with van der Waals surface area (Å²) >= 11 is 0.453. The number of carbonyl (C=O) groups is 1. The van der Waals surface area contributed by atoms with Gasteiger partial charge in [0.1, 0.15) is 0 Å². The first-order valence-corrected chi connectivity index (χ1v) is 6.99. The van der Waals surface area contributed by atoms with Crippen LogP contribution in [0.15, 0.2) is 0 Å². The molecule has 0 radical (unpaired) electrons. The molecule has 1 atom stereocenters. The minimum atomic E-state index is -4.51. The molecule has 1 aliphatic rings. The molecule has 20 heavy (non-hydrogen) atoms. The minimum Gasteiger partial charge on any atom is -0.481 e. The summed E-state index contributed by atoms with van der Waals surface area (Å²) in [5, 5.41) is 15.1. The molecule has 1 N–H and O–H groups in total. The van der Waals surface area contributed by atoms with E-state index in [-0.39, 0.29) is 11.7 Å². The van der Waals surface area contributed by atoms with Crippen LogP contribution in [0.4, 0.5) is 18.3 Å². The van der Waals surface area contributed by atoms with Crippen molar-refractivity contribution in [1.82, 2.24) is 10.2 Å². The monoisotopic (exact) mass is 309 g/mol. The Kier molecular flexibility index (Phi) is 3.90. The lowest BCUT2D eigenvalue weighted by Crippen LogP contribution is -2.34. The third-order valence-electron chi connectivity index (χ3n) is 3.46. The summed E-state index contributed by atoms with van der Waals surface area (Å²) in [6, 6.07) is 0. The highest BCUT2D eigenvalue weighted by Gasteiger charge is 2.45. The van der Waals surface area contributed by atoms with Gasteiger partial charge in [0.25, 0.3) is 0 Å². The molecule has 9 heteroatoms. The van der Waals surface area contributed by atoms with Gasteiger partial charge in [-0.15, -0.1) is 10.2 Å². The van der Waals surface area contributed by atoms with Gasteiger partial charge in [-0.05, 0) is 12.8 Å². The van der Waals surface area contributed by atoms with E-state index in [0.717, 1.165) is 0 Å². The number of hydrogen-bond donors (Lipinski definition) is 1. The van der Waals surface area contributed by atoms with E-state index in [1.165, 1.54) is 0 Å². The topological polar surface area (TPSA) is 66.3 Å². The Bertz CT molecular complexity index is 505. The Hall–Kier alpha value is -1.38. The van der Waals surface area contributed by atoms with E-state index in [9.17, 15) is 23.1 Å². The molecule has 2 rings (SSSR count). The van der Waals surface area contributed by atoms with Crippen LogP contribution in [0.3, 0.4) is 0 Å². The van der Waals surface area contributed by atoms with Gasteiger partial charge in [-0.3, -0.25) is 4.79 Å². The van der Waals surface area contributed by atoms with E-state index in [4.69, 9.17) is 0 Å². The van der Waals surface area contributed by atoms with Crippen LogP contribution in [0.2, 0.25) is 0 Å². The average Bonchev–Trinajstić information content (AvgIpc) is 2.94. The maximum atomic E-state index is 12.5. The smallest absolute Gasteiger partial charge is 0.445 e. The lowest BCUT2D eigenvalue weighted by atomic mass is 9.83. The third-order valence-corrected chi connectivity index (χ3v) is 4.49. The molecule has 112 valence electrons. The predicted octanol–water partition coefficient (Wildman–Crippen LogP) is 2.64. The number of alkyl halides is 3. The van der Waals surface area contributed by atoms with E-state index in [1.54, 1.807) is 4.90 Å². The van der Waals surface area contributed by atoms with E-state index in [2.05, 4.69) is 10.2 Å². The van der Waals surface area contributed by atoms with Crippen molar-refractivity contribution in [3.8, 4) is 0 Å². The second-order valence-corrected chi connectivity index (χ2v) is 5.85. The minimum absolute atomic E-state index is 0.136. The SMILES string of the molecule is CCCC1(C(=O)O)CCN(c2nnc(C(F)(F)F)s2)C1. The molecule has 0 spiro atoms. The van der Waals surface area contributed by atoms with Crippen molar-refractivity contribution in [2.75, 3.05) is 18.0 Å². The normalized spacial score (nSPS) is 23.3. The molecule has 5 nitrogen and oxygen atoms in total. The van der Waals surface area contributed by atoms with Crippen molar-refractivity contribution in [1.29, 1.82) is 0 Å². The van der Waals surface area contributed by atoms with Crippen LogP contribution in [0.25, 0.3) is 0 Å². The van der Waals surface area contributed by atoms with Gasteiger partial charge < -0.3 is 10.0 Å². The highest BCUT2D eigenvalue weighted by Crippen LogP contribution is 2.40. The number of hydrogen-bond acceptors (Lipinski definition) is 5. The van der Waals surface area contributed by atoms with E-state index >= 15 is 0 Å². The highest BCUT2D eigenvalue weighted by atomic mass is 32.1. The summed E-state index contributed by atoms with van der Waals surface area (Å²) in [6.07, 6.45) is -2.88. The summed E-state index contributed by atoms with van der Waals surface area (Å²) < 4.78 is 37.5. The van der Waals surface area contributed by atoms with Gasteiger partial charge >= 0.3 is 12.1 Å². The lowest BCUT2D eigenvalue weighted by molar-refractivity contribution is -0.148. The number of aromatic nitrogens is 2. The zero-order valence-corrected chi connectivity index (χ0v) is 11.6. The van der Waals surface area contributed by atoms with Gasteiger partial charge in [0, 0.05) is 13.1 Å². The highest BCUT2D eigenvalue weighted by molar-refractivity contribution is 7.15. The summed E-state index contributed by atoms with van der Waals surface area (Å²) in [6.45, 7) is 2.46. The van der Waals surface area contributed by atoms with E-state index in [0.29, 0.717) is 37.1 Å². The van der Waals surface area contributed by atoms with Crippen LogP contribution in [-0.4, -0.2) is 34.4 Å². The van der Waals surface area contributed by atoms with Crippen LogP contribution in [0, 0.1) is 5.41 Å². The zero-order chi connectivity index (χ0) is 15.0. The number of anilines is 1. The van der Waals surface area contributed by atoms with Gasteiger partial charge in [0.15, 0.2) is 0 Å². The molecular weight excluding hydrogens is 295 g/mol. The number of halogens is 3. The van der Waals surface area contributed by atoms with Crippen LogP contribution in [0.1, 0.15) is 31.2 Å². The standard InChI is InChI=1S/C11H14F3N3O2S/c1-2-3-10(8(18)19)4-5-17(6-10)9-16-15-7(20-9)11(12,13)14/h2-6H2,1H3,(H,18,19). The molecular formula is C11H14F3N3O2S. The Morgan fingerprint density at radius 2 is 2.20 bits per heavy atom. The fourth-order valence-corrected chi connectivity index (χ4v) is 3.19. The maximum absolute atomic E-state index is 12.5. The Morgan fingerprint density at radius 1 is 1.50 bits per heavy atom. The van der Waals surface area contributed by atoms with Crippen molar-refractivity contribution in [2.45, 2.75) is 32.4 Å². The first kappa shape index (κ1) is 15.0. The van der Waals surface area contributed by atoms with Gasteiger partial charge in [0.2, 0.25) is 10.1 Å². The first-order valence-electron chi connectivity index (χ1n) is 6.17. The van der Waals surface area contributed by atoms with Gasteiger partial charge in [0.05, 0.1) is 5.41 Å².